The predicted molar refractivity (Wildman–Crippen MR) is 49.5 cm³/mol. The highest BCUT2D eigenvalue weighted by Gasteiger charge is 2.23. The lowest BCUT2D eigenvalue weighted by Crippen LogP contribution is -2.46. The predicted octanol–water partition coefficient (Wildman–Crippen LogP) is 0.963. The third-order valence-electron chi connectivity index (χ3n) is 2.30. The molecule has 0 spiro atoms. The second-order valence-corrected chi connectivity index (χ2v) is 3.40. The molecule has 0 saturated carbocycles. The van der Waals surface area contributed by atoms with Gasteiger partial charge in [0.15, 0.2) is 0 Å². The Kier molecular flexibility index (Phi) is 3.72. The van der Waals surface area contributed by atoms with E-state index in [4.69, 9.17) is 10.6 Å². The molecule has 2 unspecified atom stereocenters. The Hall–Kier alpha value is -0.380. The van der Waals surface area contributed by atoms with Crippen molar-refractivity contribution in [3.05, 3.63) is 12.2 Å². The van der Waals surface area contributed by atoms with Gasteiger partial charge in [-0.2, -0.15) is 0 Å². The fourth-order valence-corrected chi connectivity index (χ4v) is 1.60. The quantitative estimate of drug-likeness (QED) is 0.377. The Balaban J connectivity index is 2.46. The number of rotatable bonds is 3. The van der Waals surface area contributed by atoms with Crippen LogP contribution in [0.3, 0.4) is 0 Å². The van der Waals surface area contributed by atoms with Crippen LogP contribution in [0.4, 0.5) is 0 Å². The molecule has 70 valence electrons. The van der Waals surface area contributed by atoms with Crippen molar-refractivity contribution < 1.29 is 4.74 Å². The van der Waals surface area contributed by atoms with Gasteiger partial charge < -0.3 is 4.74 Å². The summed E-state index contributed by atoms with van der Waals surface area (Å²) in [4.78, 5) is 0. The molecule has 1 rings (SSSR count). The number of hydrogen-bond donors (Lipinski definition) is 2. The third kappa shape index (κ3) is 2.30. The first kappa shape index (κ1) is 9.71. The first-order chi connectivity index (χ1) is 5.75. The van der Waals surface area contributed by atoms with Gasteiger partial charge in [-0.25, -0.2) is 0 Å². The first-order valence-corrected chi connectivity index (χ1v) is 4.49. The minimum absolute atomic E-state index is 0.116. The van der Waals surface area contributed by atoms with Gasteiger partial charge in [0.2, 0.25) is 0 Å². The van der Waals surface area contributed by atoms with Crippen molar-refractivity contribution in [2.24, 2.45) is 5.84 Å². The van der Waals surface area contributed by atoms with E-state index in [0.717, 1.165) is 18.6 Å². The first-order valence-electron chi connectivity index (χ1n) is 4.49. The molecule has 3 heteroatoms. The van der Waals surface area contributed by atoms with Crippen LogP contribution >= 0.6 is 0 Å². The van der Waals surface area contributed by atoms with Crippen molar-refractivity contribution in [3.8, 4) is 0 Å². The summed E-state index contributed by atoms with van der Waals surface area (Å²) in [5.74, 6) is 5.41. The Morgan fingerprint density at radius 2 is 2.42 bits per heavy atom. The molecule has 1 heterocycles. The van der Waals surface area contributed by atoms with Gasteiger partial charge in [-0.1, -0.05) is 12.2 Å². The van der Waals surface area contributed by atoms with Crippen LogP contribution in [0, 0.1) is 0 Å². The summed E-state index contributed by atoms with van der Waals surface area (Å²) in [5.41, 5.74) is 3.79. The van der Waals surface area contributed by atoms with Crippen molar-refractivity contribution >= 4 is 0 Å². The highest BCUT2D eigenvalue weighted by molar-refractivity contribution is 5.04. The Morgan fingerprint density at radius 1 is 1.67 bits per heavy atom. The van der Waals surface area contributed by atoms with Crippen LogP contribution in [0.15, 0.2) is 12.2 Å². The minimum Gasteiger partial charge on any atom is -0.376 e. The maximum Gasteiger partial charge on any atom is 0.0779 e. The van der Waals surface area contributed by atoms with E-state index in [1.165, 1.54) is 12.8 Å². The molecule has 1 aliphatic heterocycles. The molecule has 0 radical (unpaired) electrons. The normalized spacial score (nSPS) is 26.7. The lowest BCUT2D eigenvalue weighted by Gasteiger charge is -2.30. The second-order valence-electron chi connectivity index (χ2n) is 3.40. The molecule has 0 aromatic heterocycles. The zero-order valence-corrected chi connectivity index (χ0v) is 7.68. The lowest BCUT2D eigenvalue weighted by molar-refractivity contribution is 0.000131. The molecule has 0 aromatic rings. The van der Waals surface area contributed by atoms with Crippen LogP contribution < -0.4 is 11.3 Å². The Morgan fingerprint density at radius 3 is 2.83 bits per heavy atom. The van der Waals surface area contributed by atoms with Gasteiger partial charge in [0.05, 0.1) is 12.1 Å². The van der Waals surface area contributed by atoms with Crippen molar-refractivity contribution in [3.63, 3.8) is 0 Å². The highest BCUT2D eigenvalue weighted by atomic mass is 16.5. The Bertz CT molecular complexity index is 153. The second kappa shape index (κ2) is 4.60. The van der Waals surface area contributed by atoms with E-state index in [9.17, 15) is 0 Å². The summed E-state index contributed by atoms with van der Waals surface area (Å²) >= 11 is 0. The van der Waals surface area contributed by atoms with Gasteiger partial charge >= 0.3 is 0 Å². The van der Waals surface area contributed by atoms with Crippen molar-refractivity contribution in [2.45, 2.75) is 38.3 Å². The molecule has 0 aromatic carbocycles. The zero-order chi connectivity index (χ0) is 8.97. The number of ether oxygens (including phenoxy) is 1. The maximum absolute atomic E-state index is 5.59. The van der Waals surface area contributed by atoms with Crippen LogP contribution in [0.25, 0.3) is 0 Å². The van der Waals surface area contributed by atoms with Gasteiger partial charge in [-0.05, 0) is 26.2 Å². The fraction of sp³-hybridized carbons (Fsp3) is 0.778. The fourth-order valence-electron chi connectivity index (χ4n) is 1.60. The van der Waals surface area contributed by atoms with E-state index >= 15 is 0 Å². The average molecular weight is 170 g/mol. The molecule has 1 aliphatic rings. The number of hydrogen-bond acceptors (Lipinski definition) is 3. The maximum atomic E-state index is 5.59. The van der Waals surface area contributed by atoms with Crippen molar-refractivity contribution in [1.29, 1.82) is 0 Å². The largest absolute Gasteiger partial charge is 0.376 e. The van der Waals surface area contributed by atoms with Gasteiger partial charge in [0.1, 0.15) is 0 Å². The third-order valence-corrected chi connectivity index (χ3v) is 2.30. The molecule has 0 bridgehead atoms. The highest BCUT2D eigenvalue weighted by Crippen LogP contribution is 2.18. The molecular weight excluding hydrogens is 152 g/mol. The number of nitrogens with two attached hydrogens (primary N) is 1. The van der Waals surface area contributed by atoms with Crippen molar-refractivity contribution in [1.82, 2.24) is 5.43 Å². The molecule has 1 fully saturated rings. The summed E-state index contributed by atoms with van der Waals surface area (Å²) in [5, 5.41) is 0. The van der Waals surface area contributed by atoms with E-state index < -0.39 is 0 Å². The van der Waals surface area contributed by atoms with E-state index in [1.54, 1.807) is 0 Å². The van der Waals surface area contributed by atoms with E-state index in [0.29, 0.717) is 0 Å². The molecular formula is C9H18N2O. The zero-order valence-electron chi connectivity index (χ0n) is 7.68. The van der Waals surface area contributed by atoms with E-state index in [1.807, 2.05) is 6.92 Å². The summed E-state index contributed by atoms with van der Waals surface area (Å²) in [6.45, 7) is 6.71. The average Bonchev–Trinajstić information content (AvgIpc) is 2.07. The monoisotopic (exact) mass is 170 g/mol. The van der Waals surface area contributed by atoms with Crippen LogP contribution in [0.5, 0.6) is 0 Å². The molecule has 1 saturated heterocycles. The summed E-state index contributed by atoms with van der Waals surface area (Å²) in [6, 6.07) is 0.116. The molecule has 3 nitrogen and oxygen atoms in total. The molecule has 0 amide bonds. The smallest absolute Gasteiger partial charge is 0.0779 e. The van der Waals surface area contributed by atoms with Gasteiger partial charge in [-0.15, -0.1) is 0 Å². The Labute approximate surface area is 73.9 Å². The van der Waals surface area contributed by atoms with Gasteiger partial charge in [-0.3, -0.25) is 11.3 Å². The lowest BCUT2D eigenvalue weighted by atomic mass is 9.98. The topological polar surface area (TPSA) is 47.3 Å². The van der Waals surface area contributed by atoms with Gasteiger partial charge in [0, 0.05) is 6.61 Å². The van der Waals surface area contributed by atoms with Crippen LogP contribution in [0.1, 0.15) is 26.2 Å². The molecule has 2 atom stereocenters. The summed E-state index contributed by atoms with van der Waals surface area (Å²) in [7, 11) is 0. The molecule has 12 heavy (non-hydrogen) atoms. The summed E-state index contributed by atoms with van der Waals surface area (Å²) in [6.07, 6.45) is 3.71. The minimum atomic E-state index is 0.116. The summed E-state index contributed by atoms with van der Waals surface area (Å²) < 4.78 is 5.59. The van der Waals surface area contributed by atoms with Crippen LogP contribution in [-0.2, 0) is 4.74 Å². The van der Waals surface area contributed by atoms with E-state index in [-0.39, 0.29) is 12.1 Å². The SMILES string of the molecule is C=C(C)C(NN)C1CCCCO1. The van der Waals surface area contributed by atoms with Crippen molar-refractivity contribution in [2.75, 3.05) is 6.61 Å². The number of hydrazine groups is 1. The molecule has 0 aliphatic carbocycles. The van der Waals surface area contributed by atoms with Crippen LogP contribution in [0.2, 0.25) is 0 Å². The van der Waals surface area contributed by atoms with Gasteiger partial charge in [0.25, 0.3) is 0 Å². The van der Waals surface area contributed by atoms with Crippen LogP contribution in [-0.4, -0.2) is 18.8 Å². The van der Waals surface area contributed by atoms with E-state index in [2.05, 4.69) is 12.0 Å². The number of nitrogens with one attached hydrogen (secondary N) is 1. The standard InChI is InChI=1S/C9H18N2O/c1-7(2)9(11-10)8-5-3-4-6-12-8/h8-9,11H,1,3-6,10H2,2H3. The molecule has 3 N–H and O–H groups in total.